The summed E-state index contributed by atoms with van der Waals surface area (Å²) in [6.45, 7) is 0.909. The highest BCUT2D eigenvalue weighted by molar-refractivity contribution is 7.99. The summed E-state index contributed by atoms with van der Waals surface area (Å²) in [4.78, 5) is 13.4. The van der Waals surface area contributed by atoms with E-state index in [-0.39, 0.29) is 0 Å². The van der Waals surface area contributed by atoms with Crippen LogP contribution in [0.3, 0.4) is 0 Å². The summed E-state index contributed by atoms with van der Waals surface area (Å²) < 4.78 is 12.9. The Morgan fingerprint density at radius 2 is 2.03 bits per heavy atom. The van der Waals surface area contributed by atoms with Crippen LogP contribution in [0.1, 0.15) is 38.5 Å². The largest absolute Gasteiger partial charge is 0.497 e. The molecule has 154 valence electrons. The molecule has 2 heterocycles. The number of nitrogens with one attached hydrogen (secondary N) is 1. The topological polar surface area (TPSA) is 89.9 Å². The molecule has 0 spiro atoms. The quantitative estimate of drug-likeness (QED) is 0.569. The van der Waals surface area contributed by atoms with Crippen LogP contribution in [0.25, 0.3) is 11.2 Å². The first kappa shape index (κ1) is 19.8. The van der Waals surface area contributed by atoms with Gasteiger partial charge in [0.25, 0.3) is 5.65 Å². The van der Waals surface area contributed by atoms with Gasteiger partial charge in [0.05, 0.1) is 25.7 Å². The number of anilines is 1. The highest BCUT2D eigenvalue weighted by Gasteiger charge is 2.21. The summed E-state index contributed by atoms with van der Waals surface area (Å²) in [5, 5.41) is 0.748. The summed E-state index contributed by atoms with van der Waals surface area (Å²) in [5.41, 5.74) is 7.75. The fourth-order valence-corrected chi connectivity index (χ4v) is 4.88. The molecule has 0 unspecified atom stereocenters. The highest BCUT2D eigenvalue weighted by atomic mass is 32.2. The SMILES string of the molecule is COc1ccc(OC)c(Sc2nc3c([nH]2)c(N)nc[n+]3CCC2CCCCC2)c1. The van der Waals surface area contributed by atoms with Gasteiger partial charge >= 0.3 is 0 Å². The number of aryl methyl sites for hydroxylation is 1. The Labute approximate surface area is 175 Å². The molecule has 1 aliphatic rings. The Kier molecular flexibility index (Phi) is 6.08. The van der Waals surface area contributed by atoms with Crippen LogP contribution in [-0.4, -0.2) is 29.2 Å². The standard InChI is InChI=1S/C21H27N5O2S/c1-27-15-8-9-16(28-2)17(12-15)29-21-24-18-19(22)23-13-26(20(18)25-21)11-10-14-6-4-3-5-7-14/h8-9,12-14H,3-7,10-11H2,1-2H3,(H2,22,24,25)/p+1. The summed E-state index contributed by atoms with van der Waals surface area (Å²) in [6, 6.07) is 5.71. The Bertz CT molecular complexity index is 985. The lowest BCUT2D eigenvalue weighted by Crippen LogP contribution is -2.36. The molecule has 3 N–H and O–H groups in total. The number of methoxy groups -OCH3 is 2. The Hall–Kier alpha value is -2.48. The molecular formula is C21H28N5O2S+. The zero-order valence-corrected chi connectivity index (χ0v) is 17.8. The van der Waals surface area contributed by atoms with Gasteiger partial charge in [-0.3, -0.25) is 0 Å². The molecule has 7 nitrogen and oxygen atoms in total. The molecule has 8 heteroatoms. The van der Waals surface area contributed by atoms with E-state index < -0.39 is 0 Å². The van der Waals surface area contributed by atoms with Crippen LogP contribution >= 0.6 is 11.8 Å². The number of benzene rings is 1. The van der Waals surface area contributed by atoms with Gasteiger partial charge in [-0.05, 0) is 42.3 Å². The molecule has 1 saturated carbocycles. The Balaban J connectivity index is 1.59. The van der Waals surface area contributed by atoms with Gasteiger partial charge in [0, 0.05) is 0 Å². The van der Waals surface area contributed by atoms with E-state index in [1.165, 1.54) is 43.9 Å². The van der Waals surface area contributed by atoms with Crippen LogP contribution < -0.4 is 19.8 Å². The van der Waals surface area contributed by atoms with E-state index in [0.29, 0.717) is 5.82 Å². The van der Waals surface area contributed by atoms with Crippen molar-refractivity contribution in [1.29, 1.82) is 0 Å². The highest BCUT2D eigenvalue weighted by Crippen LogP contribution is 2.37. The van der Waals surface area contributed by atoms with E-state index in [2.05, 4.69) is 14.5 Å². The fourth-order valence-electron chi connectivity index (χ4n) is 3.96. The van der Waals surface area contributed by atoms with E-state index in [0.717, 1.165) is 51.6 Å². The molecule has 1 fully saturated rings. The molecule has 0 atom stereocenters. The van der Waals surface area contributed by atoms with E-state index in [1.54, 1.807) is 14.2 Å². The fraction of sp³-hybridized carbons (Fsp3) is 0.476. The predicted octanol–water partition coefficient (Wildman–Crippen LogP) is 3.97. The minimum Gasteiger partial charge on any atom is -0.497 e. The van der Waals surface area contributed by atoms with Crippen LogP contribution in [0.2, 0.25) is 0 Å². The number of imidazole rings is 1. The molecule has 3 aromatic rings. The van der Waals surface area contributed by atoms with Crippen molar-refractivity contribution in [2.24, 2.45) is 5.92 Å². The van der Waals surface area contributed by atoms with Crippen molar-refractivity contribution in [3.63, 3.8) is 0 Å². The number of fused-ring (bicyclic) bond motifs is 1. The molecule has 0 radical (unpaired) electrons. The maximum atomic E-state index is 6.12. The number of rotatable bonds is 7. The summed E-state index contributed by atoms with van der Waals surface area (Å²) in [5.74, 6) is 2.81. The second-order valence-corrected chi connectivity index (χ2v) is 8.51. The number of hydrogen-bond acceptors (Lipinski definition) is 6. The van der Waals surface area contributed by atoms with E-state index in [1.807, 2.05) is 24.5 Å². The molecule has 0 bridgehead atoms. The first-order valence-corrected chi connectivity index (χ1v) is 10.9. The third kappa shape index (κ3) is 4.42. The average Bonchev–Trinajstić information content (AvgIpc) is 3.18. The second-order valence-electron chi connectivity index (χ2n) is 7.48. The van der Waals surface area contributed by atoms with Crippen molar-refractivity contribution in [1.82, 2.24) is 15.0 Å². The molecule has 0 amide bonds. The second kappa shape index (κ2) is 8.90. The van der Waals surface area contributed by atoms with E-state index in [9.17, 15) is 0 Å². The van der Waals surface area contributed by atoms with Gasteiger partial charge in [-0.2, -0.15) is 0 Å². The number of nitrogens with two attached hydrogens (primary N) is 1. The summed E-state index contributed by atoms with van der Waals surface area (Å²) in [6.07, 6.45) is 9.73. The number of aromatic nitrogens is 4. The first-order chi connectivity index (χ1) is 14.2. The molecule has 1 aliphatic carbocycles. The van der Waals surface area contributed by atoms with Crippen LogP contribution in [-0.2, 0) is 6.54 Å². The van der Waals surface area contributed by atoms with Gasteiger partial charge in [-0.1, -0.05) is 42.1 Å². The van der Waals surface area contributed by atoms with Crippen LogP contribution in [0.15, 0.2) is 34.6 Å². The van der Waals surface area contributed by atoms with Crippen molar-refractivity contribution >= 4 is 28.7 Å². The number of hydrogen-bond donors (Lipinski definition) is 2. The summed E-state index contributed by atoms with van der Waals surface area (Å²) in [7, 11) is 3.31. The molecule has 2 aromatic heterocycles. The minimum atomic E-state index is 0.464. The number of nitrogens with zero attached hydrogens (tertiary/aromatic N) is 3. The smallest absolute Gasteiger partial charge is 0.294 e. The predicted molar refractivity (Wildman–Crippen MR) is 113 cm³/mol. The maximum absolute atomic E-state index is 6.12. The van der Waals surface area contributed by atoms with Gasteiger partial charge in [0.2, 0.25) is 17.3 Å². The van der Waals surface area contributed by atoms with E-state index >= 15 is 0 Å². The van der Waals surface area contributed by atoms with Crippen molar-refractivity contribution in [3.8, 4) is 11.5 Å². The van der Waals surface area contributed by atoms with Crippen molar-refractivity contribution in [2.45, 2.75) is 55.1 Å². The van der Waals surface area contributed by atoms with Crippen LogP contribution in [0.5, 0.6) is 11.5 Å². The first-order valence-electron chi connectivity index (χ1n) is 10.1. The van der Waals surface area contributed by atoms with Gasteiger partial charge in [0.1, 0.15) is 11.5 Å². The van der Waals surface area contributed by atoms with Crippen LogP contribution in [0, 0.1) is 5.92 Å². The lowest BCUT2D eigenvalue weighted by molar-refractivity contribution is -0.677. The van der Waals surface area contributed by atoms with Gasteiger partial charge < -0.3 is 20.2 Å². The average molecular weight is 415 g/mol. The Morgan fingerprint density at radius 3 is 2.79 bits per heavy atom. The summed E-state index contributed by atoms with van der Waals surface area (Å²) >= 11 is 1.49. The molecule has 0 aliphatic heterocycles. The molecule has 29 heavy (non-hydrogen) atoms. The third-order valence-electron chi connectivity index (χ3n) is 5.61. The van der Waals surface area contributed by atoms with Gasteiger partial charge in [-0.25, -0.2) is 4.57 Å². The molecular weight excluding hydrogens is 386 g/mol. The lowest BCUT2D eigenvalue weighted by Gasteiger charge is -2.20. The third-order valence-corrected chi connectivity index (χ3v) is 6.53. The number of nitrogen functional groups attached to an aromatic ring is 1. The van der Waals surface area contributed by atoms with Crippen molar-refractivity contribution in [3.05, 3.63) is 24.5 Å². The number of H-pyrrole nitrogens is 1. The number of aromatic amines is 1. The molecule has 1 aromatic carbocycles. The number of ether oxygens (including phenoxy) is 2. The van der Waals surface area contributed by atoms with Gasteiger partial charge in [-0.15, -0.1) is 0 Å². The van der Waals surface area contributed by atoms with Gasteiger partial charge in [0.15, 0.2) is 5.52 Å². The van der Waals surface area contributed by atoms with Crippen molar-refractivity contribution in [2.75, 3.05) is 20.0 Å². The molecule has 4 rings (SSSR count). The Morgan fingerprint density at radius 1 is 1.21 bits per heavy atom. The zero-order chi connectivity index (χ0) is 20.2. The van der Waals surface area contributed by atoms with Crippen LogP contribution in [0.4, 0.5) is 5.82 Å². The van der Waals surface area contributed by atoms with Crippen molar-refractivity contribution < 1.29 is 14.0 Å². The lowest BCUT2D eigenvalue weighted by atomic mass is 9.87. The zero-order valence-electron chi connectivity index (χ0n) is 17.0. The molecule has 0 saturated heterocycles. The monoisotopic (exact) mass is 414 g/mol. The minimum absolute atomic E-state index is 0.464. The van der Waals surface area contributed by atoms with E-state index in [4.69, 9.17) is 20.2 Å². The normalized spacial score (nSPS) is 15.0. The maximum Gasteiger partial charge on any atom is 0.294 e.